The van der Waals surface area contributed by atoms with Crippen LogP contribution in [0.1, 0.15) is 38.5 Å². The van der Waals surface area contributed by atoms with E-state index in [-0.39, 0.29) is 5.79 Å². The van der Waals surface area contributed by atoms with Gasteiger partial charge in [0.25, 0.3) is 5.79 Å². The molecule has 1 saturated carbocycles. The second-order valence-electron chi connectivity index (χ2n) is 4.48. The Balaban J connectivity index is 1.86. The summed E-state index contributed by atoms with van der Waals surface area (Å²) in [7, 11) is 0. The Labute approximate surface area is 90.2 Å². The molecular weight excluding hydrogens is 188 g/mol. The Morgan fingerprint density at radius 3 is 1.87 bits per heavy atom. The maximum absolute atomic E-state index is 5.99. The lowest BCUT2D eigenvalue weighted by Gasteiger charge is -2.25. The highest BCUT2D eigenvalue weighted by Crippen LogP contribution is 2.44. The third kappa shape index (κ3) is 1.58. The summed E-state index contributed by atoms with van der Waals surface area (Å²) in [4.78, 5) is 0. The zero-order chi connectivity index (χ0) is 10.1. The summed E-state index contributed by atoms with van der Waals surface area (Å²) in [6, 6.07) is 7.99. The molecule has 1 aliphatic heterocycles. The van der Waals surface area contributed by atoms with Crippen LogP contribution < -0.4 is 9.47 Å². The van der Waals surface area contributed by atoms with Gasteiger partial charge in [0.05, 0.1) is 0 Å². The maximum atomic E-state index is 5.99. The van der Waals surface area contributed by atoms with Crippen LogP contribution in [0.5, 0.6) is 11.5 Å². The van der Waals surface area contributed by atoms with Gasteiger partial charge < -0.3 is 9.47 Å². The molecular formula is C13H16O2. The van der Waals surface area contributed by atoms with Crippen molar-refractivity contribution in [2.24, 2.45) is 0 Å². The number of fused-ring (bicyclic) bond motifs is 1. The maximum Gasteiger partial charge on any atom is 0.251 e. The lowest BCUT2D eigenvalue weighted by Crippen LogP contribution is -2.37. The minimum absolute atomic E-state index is 0.333. The van der Waals surface area contributed by atoms with Crippen molar-refractivity contribution in [3.63, 3.8) is 0 Å². The lowest BCUT2D eigenvalue weighted by atomic mass is 10.1. The highest BCUT2D eigenvalue weighted by Gasteiger charge is 2.41. The highest BCUT2D eigenvalue weighted by atomic mass is 16.7. The van der Waals surface area contributed by atoms with Gasteiger partial charge in [0.2, 0.25) is 0 Å². The fourth-order valence-corrected chi connectivity index (χ4v) is 2.51. The molecule has 0 unspecified atom stereocenters. The van der Waals surface area contributed by atoms with Gasteiger partial charge >= 0.3 is 0 Å². The number of rotatable bonds is 0. The zero-order valence-corrected chi connectivity index (χ0v) is 8.87. The monoisotopic (exact) mass is 204 g/mol. The number of ether oxygens (including phenoxy) is 2. The second-order valence-corrected chi connectivity index (χ2v) is 4.48. The first kappa shape index (κ1) is 9.08. The van der Waals surface area contributed by atoms with Gasteiger partial charge in [-0.2, -0.15) is 0 Å². The van der Waals surface area contributed by atoms with E-state index in [1.54, 1.807) is 0 Å². The van der Waals surface area contributed by atoms with E-state index in [9.17, 15) is 0 Å². The van der Waals surface area contributed by atoms with Gasteiger partial charge in [-0.15, -0.1) is 0 Å². The van der Waals surface area contributed by atoms with E-state index in [2.05, 4.69) is 0 Å². The first-order valence-corrected chi connectivity index (χ1v) is 5.85. The Bertz CT molecular complexity index is 324. The summed E-state index contributed by atoms with van der Waals surface area (Å²) < 4.78 is 12.0. The van der Waals surface area contributed by atoms with Crippen molar-refractivity contribution in [2.75, 3.05) is 0 Å². The number of para-hydroxylation sites is 2. The Morgan fingerprint density at radius 2 is 1.33 bits per heavy atom. The van der Waals surface area contributed by atoms with Crippen LogP contribution in [-0.4, -0.2) is 5.79 Å². The predicted octanol–water partition coefficient (Wildman–Crippen LogP) is 3.51. The van der Waals surface area contributed by atoms with Crippen LogP contribution >= 0.6 is 0 Å². The molecule has 80 valence electrons. The molecule has 0 radical (unpaired) electrons. The number of benzene rings is 1. The van der Waals surface area contributed by atoms with E-state index in [1.807, 2.05) is 24.3 Å². The van der Waals surface area contributed by atoms with Gasteiger partial charge in [0, 0.05) is 12.8 Å². The molecule has 1 spiro atoms. The summed E-state index contributed by atoms with van der Waals surface area (Å²) in [5.41, 5.74) is 0. The van der Waals surface area contributed by atoms with Gasteiger partial charge in [-0.05, 0) is 25.0 Å². The van der Waals surface area contributed by atoms with Crippen LogP contribution in [0.4, 0.5) is 0 Å². The van der Waals surface area contributed by atoms with Crippen molar-refractivity contribution in [2.45, 2.75) is 44.3 Å². The highest BCUT2D eigenvalue weighted by molar-refractivity contribution is 5.42. The van der Waals surface area contributed by atoms with Crippen LogP contribution in [0.25, 0.3) is 0 Å². The fourth-order valence-electron chi connectivity index (χ4n) is 2.51. The molecule has 0 amide bonds. The van der Waals surface area contributed by atoms with Crippen molar-refractivity contribution >= 4 is 0 Å². The van der Waals surface area contributed by atoms with Crippen molar-refractivity contribution in [3.05, 3.63) is 24.3 Å². The van der Waals surface area contributed by atoms with Crippen LogP contribution in [0.2, 0.25) is 0 Å². The van der Waals surface area contributed by atoms with E-state index >= 15 is 0 Å². The fraction of sp³-hybridized carbons (Fsp3) is 0.538. The summed E-state index contributed by atoms with van der Waals surface area (Å²) >= 11 is 0. The van der Waals surface area contributed by atoms with Crippen molar-refractivity contribution in [1.82, 2.24) is 0 Å². The van der Waals surface area contributed by atoms with E-state index in [1.165, 1.54) is 25.7 Å². The smallest absolute Gasteiger partial charge is 0.251 e. The van der Waals surface area contributed by atoms with E-state index < -0.39 is 0 Å². The molecule has 0 N–H and O–H groups in total. The van der Waals surface area contributed by atoms with Crippen molar-refractivity contribution < 1.29 is 9.47 Å². The summed E-state index contributed by atoms with van der Waals surface area (Å²) in [6.45, 7) is 0. The second kappa shape index (κ2) is 3.44. The van der Waals surface area contributed by atoms with Crippen LogP contribution in [-0.2, 0) is 0 Å². The molecule has 1 aromatic carbocycles. The SMILES string of the molecule is c1ccc2c(c1)OC1(CCCCCC1)O2. The van der Waals surface area contributed by atoms with Gasteiger partial charge in [0.1, 0.15) is 0 Å². The quantitative estimate of drug-likeness (QED) is 0.643. The largest absolute Gasteiger partial charge is 0.448 e. The predicted molar refractivity (Wildman–Crippen MR) is 58.1 cm³/mol. The molecule has 0 atom stereocenters. The molecule has 2 nitrogen and oxygen atoms in total. The van der Waals surface area contributed by atoms with Gasteiger partial charge in [-0.3, -0.25) is 0 Å². The minimum atomic E-state index is -0.333. The Kier molecular flexibility index (Phi) is 2.08. The summed E-state index contributed by atoms with van der Waals surface area (Å²) in [6.07, 6.45) is 7.11. The van der Waals surface area contributed by atoms with Crippen molar-refractivity contribution in [1.29, 1.82) is 0 Å². The van der Waals surface area contributed by atoms with Crippen LogP contribution in [0.3, 0.4) is 0 Å². The lowest BCUT2D eigenvalue weighted by molar-refractivity contribution is -0.0900. The molecule has 0 saturated heterocycles. The third-order valence-electron chi connectivity index (χ3n) is 3.31. The molecule has 1 aliphatic carbocycles. The minimum Gasteiger partial charge on any atom is -0.448 e. The molecule has 1 aromatic rings. The van der Waals surface area contributed by atoms with Crippen molar-refractivity contribution in [3.8, 4) is 11.5 Å². The standard InChI is InChI=1S/C13H16O2/c1-2-6-10-13(9-5-1)14-11-7-3-4-8-12(11)15-13/h3-4,7-8H,1-2,5-6,9-10H2. The Morgan fingerprint density at radius 1 is 0.800 bits per heavy atom. The van der Waals surface area contributed by atoms with Gasteiger partial charge in [-0.25, -0.2) is 0 Å². The average Bonchev–Trinajstić information content (AvgIpc) is 2.45. The molecule has 15 heavy (non-hydrogen) atoms. The van der Waals surface area contributed by atoms with Crippen LogP contribution in [0.15, 0.2) is 24.3 Å². The zero-order valence-electron chi connectivity index (χ0n) is 8.87. The van der Waals surface area contributed by atoms with E-state index in [0.717, 1.165) is 24.3 Å². The molecule has 2 heteroatoms. The Hall–Kier alpha value is -1.18. The first-order chi connectivity index (χ1) is 7.38. The molecule has 0 aromatic heterocycles. The van der Waals surface area contributed by atoms with Gasteiger partial charge in [0.15, 0.2) is 11.5 Å². The van der Waals surface area contributed by atoms with Crippen LogP contribution in [0, 0.1) is 0 Å². The average molecular weight is 204 g/mol. The summed E-state index contributed by atoms with van der Waals surface area (Å²) in [5, 5.41) is 0. The molecule has 1 heterocycles. The molecule has 1 fully saturated rings. The van der Waals surface area contributed by atoms with Gasteiger partial charge in [-0.1, -0.05) is 25.0 Å². The third-order valence-corrected chi connectivity index (χ3v) is 3.31. The molecule has 2 aliphatic rings. The topological polar surface area (TPSA) is 18.5 Å². The molecule has 0 bridgehead atoms. The van der Waals surface area contributed by atoms with E-state index in [4.69, 9.17) is 9.47 Å². The first-order valence-electron chi connectivity index (χ1n) is 5.85. The van der Waals surface area contributed by atoms with E-state index in [0.29, 0.717) is 0 Å². The normalized spacial score (nSPS) is 22.7. The molecule has 3 rings (SSSR count). The number of hydrogen-bond acceptors (Lipinski definition) is 2. The summed E-state index contributed by atoms with van der Waals surface area (Å²) in [5.74, 6) is 1.50. The number of hydrogen-bond donors (Lipinski definition) is 0.